The van der Waals surface area contributed by atoms with E-state index in [2.05, 4.69) is 75.8 Å². The highest BCUT2D eigenvalue weighted by atomic mass is 16.1. The predicted octanol–water partition coefficient (Wildman–Crippen LogP) is 5.55. The number of hydrogen-bond donors (Lipinski definition) is 2. The zero-order chi connectivity index (χ0) is 24.6. The van der Waals surface area contributed by atoms with Crippen LogP contribution in [0.2, 0.25) is 0 Å². The summed E-state index contributed by atoms with van der Waals surface area (Å²) >= 11 is 0. The fourth-order valence-electron chi connectivity index (χ4n) is 6.33. The number of nitrogens with one attached hydrogen (secondary N) is 2. The summed E-state index contributed by atoms with van der Waals surface area (Å²) in [5.41, 5.74) is 5.82. The van der Waals surface area contributed by atoms with Gasteiger partial charge in [-0.2, -0.15) is 0 Å². The van der Waals surface area contributed by atoms with E-state index < -0.39 is 0 Å². The summed E-state index contributed by atoms with van der Waals surface area (Å²) in [6.45, 7) is 17.6. The Morgan fingerprint density at radius 2 is 1.21 bits per heavy atom. The highest BCUT2D eigenvalue weighted by Gasteiger charge is 2.44. The molecule has 8 bridgehead atoms. The molecule has 0 spiro atoms. The van der Waals surface area contributed by atoms with Crippen molar-refractivity contribution in [3.05, 3.63) is 57.6 Å². The monoisotopic (exact) mass is 460 g/mol. The first-order chi connectivity index (χ1) is 16.0. The van der Waals surface area contributed by atoms with Crippen molar-refractivity contribution in [3.8, 4) is 0 Å². The molecular formula is C28H36N4O2. The van der Waals surface area contributed by atoms with Gasteiger partial charge in [0.1, 0.15) is 12.3 Å². The second-order valence-electron chi connectivity index (χ2n) is 11.0. The molecule has 0 amide bonds. The van der Waals surface area contributed by atoms with Gasteiger partial charge in [0.05, 0.1) is 16.9 Å². The van der Waals surface area contributed by atoms with Gasteiger partial charge in [-0.1, -0.05) is 6.07 Å². The number of ketones is 2. The van der Waals surface area contributed by atoms with Crippen LogP contribution in [0.4, 0.5) is 11.4 Å². The highest BCUT2D eigenvalue weighted by molar-refractivity contribution is 6.31. The van der Waals surface area contributed by atoms with E-state index >= 15 is 0 Å². The smallest absolute Gasteiger partial charge is 0.196 e. The second-order valence-corrected chi connectivity index (χ2v) is 11.0. The molecule has 2 atom stereocenters. The Hall–Kier alpha value is -2.70. The lowest BCUT2D eigenvalue weighted by Gasteiger charge is -2.40. The van der Waals surface area contributed by atoms with E-state index in [1.165, 1.54) is 0 Å². The maximum Gasteiger partial charge on any atom is 0.196 e. The molecule has 0 saturated heterocycles. The average molecular weight is 461 g/mol. The van der Waals surface area contributed by atoms with Crippen molar-refractivity contribution in [1.82, 2.24) is 9.80 Å². The third-order valence-electron chi connectivity index (χ3n) is 7.52. The molecule has 2 unspecified atom stereocenters. The summed E-state index contributed by atoms with van der Waals surface area (Å²) in [5.74, 6) is -0.123. The minimum Gasteiger partial charge on any atom is -0.364 e. The van der Waals surface area contributed by atoms with Crippen LogP contribution in [0.3, 0.4) is 0 Å². The molecule has 4 aliphatic heterocycles. The first-order valence-electron chi connectivity index (χ1n) is 12.5. The van der Waals surface area contributed by atoms with Gasteiger partial charge in [-0.3, -0.25) is 19.4 Å². The molecular weight excluding hydrogens is 424 g/mol. The number of carbonyl (C=O) groups excluding carboxylic acids is 2. The molecule has 2 aromatic carbocycles. The van der Waals surface area contributed by atoms with Gasteiger partial charge in [-0.05, 0) is 79.2 Å². The predicted molar refractivity (Wildman–Crippen MR) is 137 cm³/mol. The molecule has 1 aliphatic carbocycles. The van der Waals surface area contributed by atoms with Crippen LogP contribution in [0, 0.1) is 0 Å². The molecule has 2 N–H and O–H groups in total. The third kappa shape index (κ3) is 3.15. The Morgan fingerprint density at radius 1 is 0.647 bits per heavy atom. The zero-order valence-corrected chi connectivity index (χ0v) is 21.5. The first kappa shape index (κ1) is 23.1. The van der Waals surface area contributed by atoms with Crippen LogP contribution in [-0.4, -0.2) is 45.5 Å². The SMILES string of the molecule is CC(C)N(C(C)C)C1Nc2c3cc4c(c2NC3N(C(C)C)C(C)C)C(=O)c2ccc1cc2C4=O. The molecule has 0 saturated carbocycles. The molecule has 6 heteroatoms. The summed E-state index contributed by atoms with van der Waals surface area (Å²) in [6, 6.07) is 8.88. The van der Waals surface area contributed by atoms with Gasteiger partial charge in [-0.15, -0.1) is 0 Å². The van der Waals surface area contributed by atoms with Crippen LogP contribution in [-0.2, 0) is 0 Å². The summed E-state index contributed by atoms with van der Waals surface area (Å²) in [5, 5.41) is 7.53. The van der Waals surface area contributed by atoms with Gasteiger partial charge in [0, 0.05) is 46.4 Å². The van der Waals surface area contributed by atoms with Crippen LogP contribution >= 0.6 is 0 Å². The topological polar surface area (TPSA) is 64.7 Å². The Balaban J connectivity index is 1.79. The van der Waals surface area contributed by atoms with Crippen LogP contribution in [0.5, 0.6) is 0 Å². The molecule has 4 heterocycles. The largest absolute Gasteiger partial charge is 0.364 e. The minimum atomic E-state index is -0.129. The fraction of sp³-hybridized carbons (Fsp3) is 0.500. The van der Waals surface area contributed by atoms with Gasteiger partial charge < -0.3 is 10.6 Å². The Labute approximate surface area is 202 Å². The van der Waals surface area contributed by atoms with E-state index in [0.717, 1.165) is 22.5 Å². The number of hydrogen-bond acceptors (Lipinski definition) is 6. The van der Waals surface area contributed by atoms with Gasteiger partial charge in [0.2, 0.25) is 0 Å². The Morgan fingerprint density at radius 3 is 1.79 bits per heavy atom. The number of nitrogens with zero attached hydrogens (tertiary/aromatic N) is 2. The van der Waals surface area contributed by atoms with Crippen LogP contribution in [0.15, 0.2) is 24.3 Å². The Kier molecular flexibility index (Phi) is 5.37. The number of rotatable bonds is 6. The van der Waals surface area contributed by atoms with E-state index in [1.807, 2.05) is 24.3 Å². The van der Waals surface area contributed by atoms with Gasteiger partial charge in [0.25, 0.3) is 0 Å². The molecule has 6 nitrogen and oxygen atoms in total. The lowest BCUT2D eigenvalue weighted by molar-refractivity contribution is 0.0978. The standard InChI is InChI=1S/C28H36N4O2/c1-13(2)31(14(3)4)27-17-9-10-18-19(11-17)25(33)20-12-21-23(29-27)24(22(20)26(18)34)30-28(21)32(15(5)6)16(7)8/h9-16,27-30H,1-8H3. The van der Waals surface area contributed by atoms with Crippen molar-refractivity contribution < 1.29 is 9.59 Å². The normalized spacial score (nSPS) is 20.2. The number of carbonyl (C=O) groups is 2. The fourth-order valence-corrected chi connectivity index (χ4v) is 6.33. The molecule has 2 aromatic rings. The van der Waals surface area contributed by atoms with Crippen molar-refractivity contribution >= 4 is 22.9 Å². The lowest BCUT2D eigenvalue weighted by Crippen LogP contribution is -2.44. The summed E-state index contributed by atoms with van der Waals surface area (Å²) in [7, 11) is 0. The number of benzene rings is 2. The molecule has 34 heavy (non-hydrogen) atoms. The quantitative estimate of drug-likeness (QED) is 0.503. The molecule has 0 radical (unpaired) electrons. The zero-order valence-electron chi connectivity index (χ0n) is 21.5. The summed E-state index contributed by atoms with van der Waals surface area (Å²) < 4.78 is 0. The maximum atomic E-state index is 13.7. The van der Waals surface area contributed by atoms with Crippen molar-refractivity contribution in [1.29, 1.82) is 0 Å². The molecule has 180 valence electrons. The van der Waals surface area contributed by atoms with E-state index in [9.17, 15) is 9.59 Å². The number of anilines is 2. The first-order valence-corrected chi connectivity index (χ1v) is 12.5. The van der Waals surface area contributed by atoms with Crippen LogP contribution in [0.1, 0.15) is 111 Å². The van der Waals surface area contributed by atoms with Gasteiger partial charge >= 0.3 is 0 Å². The third-order valence-corrected chi connectivity index (χ3v) is 7.52. The minimum absolute atomic E-state index is 0.0510. The molecule has 0 aromatic heterocycles. The van der Waals surface area contributed by atoms with E-state index in [-0.39, 0.29) is 48.1 Å². The van der Waals surface area contributed by atoms with E-state index in [0.29, 0.717) is 22.3 Å². The summed E-state index contributed by atoms with van der Waals surface area (Å²) in [4.78, 5) is 32.2. The molecule has 7 rings (SSSR count). The van der Waals surface area contributed by atoms with Gasteiger partial charge in [-0.25, -0.2) is 0 Å². The van der Waals surface area contributed by atoms with E-state index in [1.54, 1.807) is 0 Å². The van der Waals surface area contributed by atoms with Crippen LogP contribution < -0.4 is 10.6 Å². The van der Waals surface area contributed by atoms with Crippen molar-refractivity contribution in [2.24, 2.45) is 0 Å². The van der Waals surface area contributed by atoms with E-state index in [4.69, 9.17) is 0 Å². The van der Waals surface area contributed by atoms with Gasteiger partial charge in [0.15, 0.2) is 11.6 Å². The lowest BCUT2D eigenvalue weighted by atomic mass is 9.80. The molecule has 0 fully saturated rings. The number of fused-ring (bicyclic) bond motifs is 1. The van der Waals surface area contributed by atoms with Crippen LogP contribution in [0.25, 0.3) is 0 Å². The highest BCUT2D eigenvalue weighted by Crippen LogP contribution is 2.51. The average Bonchev–Trinajstić information content (AvgIpc) is 2.96. The molecule has 5 aliphatic rings. The Bertz CT molecular complexity index is 1180. The maximum absolute atomic E-state index is 13.7. The van der Waals surface area contributed by atoms with Crippen molar-refractivity contribution in [2.75, 3.05) is 10.6 Å². The van der Waals surface area contributed by atoms with Crippen molar-refractivity contribution in [2.45, 2.75) is 91.9 Å². The van der Waals surface area contributed by atoms with Crippen molar-refractivity contribution in [3.63, 3.8) is 0 Å². The summed E-state index contributed by atoms with van der Waals surface area (Å²) in [6.07, 6.45) is -0.237. The second kappa shape index (κ2) is 7.92.